The van der Waals surface area contributed by atoms with Gasteiger partial charge in [-0.15, -0.1) is 0 Å². The summed E-state index contributed by atoms with van der Waals surface area (Å²) in [7, 11) is 0. The summed E-state index contributed by atoms with van der Waals surface area (Å²) >= 11 is 0. The average Bonchev–Trinajstić information content (AvgIpc) is 2.50. The molecule has 1 aromatic carbocycles. The zero-order valence-electron chi connectivity index (χ0n) is 13.7. The summed E-state index contributed by atoms with van der Waals surface area (Å²) in [5.74, 6) is 0.315. The first-order valence-corrected chi connectivity index (χ1v) is 7.79. The molecule has 0 saturated heterocycles. The molecule has 2 aromatic rings. The van der Waals surface area contributed by atoms with Crippen molar-refractivity contribution in [2.24, 2.45) is 5.92 Å². The van der Waals surface area contributed by atoms with E-state index in [9.17, 15) is 13.9 Å². The minimum absolute atomic E-state index is 0.239. The summed E-state index contributed by atoms with van der Waals surface area (Å²) in [5, 5.41) is 14.1. The van der Waals surface area contributed by atoms with Crippen LogP contribution in [0, 0.1) is 5.92 Å². The molecular formula is C17H23F2N3O. The van der Waals surface area contributed by atoms with Crippen molar-refractivity contribution in [2.75, 3.05) is 11.9 Å². The topological polar surface area (TPSA) is 58.0 Å². The number of para-hydroxylation sites is 1. The first-order chi connectivity index (χ1) is 10.8. The molecule has 0 saturated carbocycles. The summed E-state index contributed by atoms with van der Waals surface area (Å²) in [6.07, 6.45) is -1.22. The van der Waals surface area contributed by atoms with Gasteiger partial charge in [0.15, 0.2) is 5.82 Å². The second-order valence-corrected chi connectivity index (χ2v) is 6.53. The van der Waals surface area contributed by atoms with Gasteiger partial charge in [0.1, 0.15) is 5.82 Å². The lowest BCUT2D eigenvalue weighted by atomic mass is 9.95. The first-order valence-electron chi connectivity index (χ1n) is 7.79. The molecule has 1 atom stereocenters. The summed E-state index contributed by atoms with van der Waals surface area (Å²) < 4.78 is 25.9. The predicted octanol–water partition coefficient (Wildman–Crippen LogP) is 4.17. The number of hydrogen-bond donors (Lipinski definition) is 2. The maximum Gasteiger partial charge on any atom is 0.297 e. The molecule has 4 nitrogen and oxygen atoms in total. The Bertz CT molecular complexity index is 659. The average molecular weight is 323 g/mol. The highest BCUT2D eigenvalue weighted by Crippen LogP contribution is 2.25. The number of alkyl halides is 2. The lowest BCUT2D eigenvalue weighted by Gasteiger charge is -2.25. The molecule has 2 rings (SSSR count). The number of aromatic nitrogens is 2. The lowest BCUT2D eigenvalue weighted by molar-refractivity contribution is 0.0585. The molecule has 0 aliphatic heterocycles. The molecule has 2 N–H and O–H groups in total. The van der Waals surface area contributed by atoms with Crippen LogP contribution in [0.3, 0.4) is 0 Å². The van der Waals surface area contributed by atoms with E-state index in [1.807, 2.05) is 0 Å². The molecule has 6 heteroatoms. The van der Waals surface area contributed by atoms with Crippen LogP contribution in [0.1, 0.15) is 45.9 Å². The third-order valence-electron chi connectivity index (χ3n) is 3.71. The van der Waals surface area contributed by atoms with Crippen molar-refractivity contribution in [1.82, 2.24) is 9.97 Å². The molecular weight excluding hydrogens is 300 g/mol. The van der Waals surface area contributed by atoms with Gasteiger partial charge < -0.3 is 10.4 Å². The maximum atomic E-state index is 13.0. The molecule has 1 aromatic heterocycles. The third kappa shape index (κ3) is 4.82. The number of aliphatic hydroxyl groups is 1. The van der Waals surface area contributed by atoms with Crippen LogP contribution in [0.5, 0.6) is 0 Å². The molecule has 0 spiro atoms. The van der Waals surface area contributed by atoms with Gasteiger partial charge in [0, 0.05) is 11.9 Å². The molecule has 0 aliphatic rings. The van der Waals surface area contributed by atoms with Gasteiger partial charge in [-0.2, -0.15) is 0 Å². The van der Waals surface area contributed by atoms with Crippen molar-refractivity contribution < 1.29 is 13.9 Å². The number of nitrogens with one attached hydrogen (secondary N) is 1. The van der Waals surface area contributed by atoms with Crippen LogP contribution in [0.15, 0.2) is 24.3 Å². The standard InChI is InChI=1S/C17H23F2N3O/c1-11(2)8-9-17(3,23)10-20-15-12-6-4-5-7-13(12)21-16(22-15)14(18)19/h4-7,11,14,23H,8-10H2,1-3H3,(H,20,21,22)/t17-/m0/s1. The van der Waals surface area contributed by atoms with Crippen LogP contribution < -0.4 is 5.32 Å². The van der Waals surface area contributed by atoms with E-state index in [0.717, 1.165) is 6.42 Å². The van der Waals surface area contributed by atoms with Crippen LogP contribution >= 0.6 is 0 Å². The van der Waals surface area contributed by atoms with Crippen molar-refractivity contribution >= 4 is 16.7 Å². The lowest BCUT2D eigenvalue weighted by Crippen LogP contribution is -2.34. The van der Waals surface area contributed by atoms with Gasteiger partial charge in [0.05, 0.1) is 11.1 Å². The molecule has 0 unspecified atom stereocenters. The van der Waals surface area contributed by atoms with Crippen LogP contribution in [-0.4, -0.2) is 27.2 Å². The van der Waals surface area contributed by atoms with Crippen molar-refractivity contribution in [2.45, 2.75) is 45.6 Å². The van der Waals surface area contributed by atoms with Crippen LogP contribution in [0.4, 0.5) is 14.6 Å². The predicted molar refractivity (Wildman–Crippen MR) is 87.7 cm³/mol. The molecule has 126 valence electrons. The van der Waals surface area contributed by atoms with E-state index in [-0.39, 0.29) is 6.54 Å². The van der Waals surface area contributed by atoms with E-state index in [1.165, 1.54) is 0 Å². The fourth-order valence-electron chi connectivity index (χ4n) is 2.29. The number of nitrogens with zero attached hydrogens (tertiary/aromatic N) is 2. The smallest absolute Gasteiger partial charge is 0.297 e. The minimum atomic E-state index is -2.73. The van der Waals surface area contributed by atoms with Crippen LogP contribution in [-0.2, 0) is 0 Å². The monoisotopic (exact) mass is 323 g/mol. The van der Waals surface area contributed by atoms with Gasteiger partial charge in [-0.3, -0.25) is 0 Å². The number of anilines is 1. The molecule has 23 heavy (non-hydrogen) atoms. The van der Waals surface area contributed by atoms with Gasteiger partial charge in [0.25, 0.3) is 6.43 Å². The zero-order valence-corrected chi connectivity index (χ0v) is 13.7. The zero-order chi connectivity index (χ0) is 17.0. The third-order valence-corrected chi connectivity index (χ3v) is 3.71. The fraction of sp³-hybridized carbons (Fsp3) is 0.529. The Hall–Kier alpha value is -1.82. The second kappa shape index (κ2) is 7.17. The Balaban J connectivity index is 2.21. The van der Waals surface area contributed by atoms with Gasteiger partial charge in [-0.25, -0.2) is 18.7 Å². The van der Waals surface area contributed by atoms with E-state index < -0.39 is 17.9 Å². The Kier molecular flexibility index (Phi) is 5.46. The Morgan fingerprint density at radius 2 is 1.91 bits per heavy atom. The van der Waals surface area contributed by atoms with Crippen LogP contribution in [0.2, 0.25) is 0 Å². The quantitative estimate of drug-likeness (QED) is 0.803. The highest BCUT2D eigenvalue weighted by atomic mass is 19.3. The van der Waals surface area contributed by atoms with Crippen molar-refractivity contribution in [3.05, 3.63) is 30.1 Å². The first kappa shape index (κ1) is 17.5. The number of rotatable bonds is 7. The maximum absolute atomic E-state index is 13.0. The number of hydrogen-bond acceptors (Lipinski definition) is 4. The summed E-state index contributed by atoms with van der Waals surface area (Å²) in [5.41, 5.74) is -0.469. The number of benzene rings is 1. The highest BCUT2D eigenvalue weighted by Gasteiger charge is 2.22. The SMILES string of the molecule is CC(C)CC[C@](C)(O)CNc1nc(C(F)F)nc2ccccc12. The van der Waals surface area contributed by atoms with Gasteiger partial charge >= 0.3 is 0 Å². The van der Waals surface area contributed by atoms with E-state index >= 15 is 0 Å². The van der Waals surface area contributed by atoms with Crippen molar-refractivity contribution in [1.29, 1.82) is 0 Å². The summed E-state index contributed by atoms with van der Waals surface area (Å²) in [6.45, 7) is 6.16. The molecule has 1 heterocycles. The van der Waals surface area contributed by atoms with E-state index in [4.69, 9.17) is 0 Å². The second-order valence-electron chi connectivity index (χ2n) is 6.53. The van der Waals surface area contributed by atoms with Crippen molar-refractivity contribution in [3.63, 3.8) is 0 Å². The number of halogens is 2. The largest absolute Gasteiger partial charge is 0.388 e. The van der Waals surface area contributed by atoms with Gasteiger partial charge in [0.2, 0.25) is 0 Å². The Morgan fingerprint density at radius 3 is 2.57 bits per heavy atom. The molecule has 0 radical (unpaired) electrons. The summed E-state index contributed by atoms with van der Waals surface area (Å²) in [4.78, 5) is 7.79. The Morgan fingerprint density at radius 1 is 1.22 bits per heavy atom. The number of fused-ring (bicyclic) bond motifs is 1. The molecule has 0 aliphatic carbocycles. The molecule has 0 bridgehead atoms. The van der Waals surface area contributed by atoms with E-state index in [1.54, 1.807) is 31.2 Å². The normalized spacial score (nSPS) is 14.4. The molecule has 0 fully saturated rings. The van der Waals surface area contributed by atoms with Gasteiger partial charge in [-0.1, -0.05) is 26.0 Å². The van der Waals surface area contributed by atoms with E-state index in [0.29, 0.717) is 29.1 Å². The minimum Gasteiger partial charge on any atom is -0.388 e. The van der Waals surface area contributed by atoms with Gasteiger partial charge in [-0.05, 0) is 37.8 Å². The summed E-state index contributed by atoms with van der Waals surface area (Å²) in [6, 6.07) is 6.99. The van der Waals surface area contributed by atoms with Crippen LogP contribution in [0.25, 0.3) is 10.9 Å². The highest BCUT2D eigenvalue weighted by molar-refractivity contribution is 5.89. The van der Waals surface area contributed by atoms with E-state index in [2.05, 4.69) is 29.1 Å². The van der Waals surface area contributed by atoms with Crippen molar-refractivity contribution in [3.8, 4) is 0 Å². The fourth-order valence-corrected chi connectivity index (χ4v) is 2.29. The molecule has 0 amide bonds. The Labute approximate surface area is 135 Å².